The predicted molar refractivity (Wildman–Crippen MR) is 82.1 cm³/mol. The second kappa shape index (κ2) is 6.85. The van der Waals surface area contributed by atoms with Gasteiger partial charge in [-0.3, -0.25) is 13.8 Å². The summed E-state index contributed by atoms with van der Waals surface area (Å²) in [4.78, 5) is 26.1. The quantitative estimate of drug-likeness (QED) is 0.877. The summed E-state index contributed by atoms with van der Waals surface area (Å²) in [6.45, 7) is 1.93. The number of hydrogen-bond acceptors (Lipinski definition) is 3. The average molecular weight is 308 g/mol. The van der Waals surface area contributed by atoms with E-state index in [1.807, 2.05) is 37.3 Å². The number of nitrogens with zero attached hydrogens (tertiary/aromatic N) is 1. The molecule has 0 aliphatic carbocycles. The smallest absolute Gasteiger partial charge is 0.247 e. The van der Waals surface area contributed by atoms with E-state index in [4.69, 9.17) is 0 Å². The zero-order chi connectivity index (χ0) is 15.4. The fourth-order valence-corrected chi connectivity index (χ4v) is 3.22. The van der Waals surface area contributed by atoms with Gasteiger partial charge in [0.2, 0.25) is 11.8 Å². The van der Waals surface area contributed by atoms with Crippen LogP contribution in [0.3, 0.4) is 0 Å². The standard InChI is InChI=1S/C15H20N2O3S/c1-11(8-9-21(2)20)17-13(18)10-16-15(19)14(17)12-6-4-3-5-7-12/h3-7,11,14H,8-10H2,1-2H3,(H,16,19). The van der Waals surface area contributed by atoms with E-state index in [2.05, 4.69) is 5.32 Å². The lowest BCUT2D eigenvalue weighted by molar-refractivity contribution is -0.148. The molecule has 3 unspecified atom stereocenters. The first-order valence-corrected chi connectivity index (χ1v) is 8.67. The Labute approximate surface area is 127 Å². The normalized spacial score (nSPS) is 21.8. The Morgan fingerprint density at radius 3 is 2.62 bits per heavy atom. The van der Waals surface area contributed by atoms with E-state index in [-0.39, 0.29) is 24.4 Å². The third-order valence-electron chi connectivity index (χ3n) is 3.64. The molecule has 0 radical (unpaired) electrons. The monoisotopic (exact) mass is 308 g/mol. The van der Waals surface area contributed by atoms with Crippen molar-refractivity contribution in [1.29, 1.82) is 0 Å². The molecule has 2 amide bonds. The van der Waals surface area contributed by atoms with Crippen molar-refractivity contribution >= 4 is 22.6 Å². The van der Waals surface area contributed by atoms with Crippen LogP contribution in [0.4, 0.5) is 0 Å². The van der Waals surface area contributed by atoms with Crippen molar-refractivity contribution in [1.82, 2.24) is 10.2 Å². The molecule has 1 N–H and O–H groups in total. The summed E-state index contributed by atoms with van der Waals surface area (Å²) >= 11 is 0. The summed E-state index contributed by atoms with van der Waals surface area (Å²) in [5, 5.41) is 2.64. The molecule has 0 bridgehead atoms. The maximum absolute atomic E-state index is 12.2. The van der Waals surface area contributed by atoms with Gasteiger partial charge in [-0.15, -0.1) is 0 Å². The van der Waals surface area contributed by atoms with Crippen LogP contribution in [0.2, 0.25) is 0 Å². The Balaban J connectivity index is 2.26. The minimum Gasteiger partial charge on any atom is -0.345 e. The van der Waals surface area contributed by atoms with Crippen LogP contribution >= 0.6 is 0 Å². The molecule has 1 aliphatic heterocycles. The molecule has 2 rings (SSSR count). The van der Waals surface area contributed by atoms with Crippen molar-refractivity contribution in [3.8, 4) is 0 Å². The number of benzene rings is 1. The molecule has 5 nitrogen and oxygen atoms in total. The van der Waals surface area contributed by atoms with Crippen molar-refractivity contribution in [3.05, 3.63) is 35.9 Å². The minimum atomic E-state index is -0.905. The summed E-state index contributed by atoms with van der Waals surface area (Å²) in [5.41, 5.74) is 0.799. The van der Waals surface area contributed by atoms with Gasteiger partial charge in [0, 0.05) is 28.9 Å². The molecule has 1 aliphatic rings. The predicted octanol–water partition coefficient (Wildman–Crippen LogP) is 0.843. The average Bonchev–Trinajstić information content (AvgIpc) is 2.47. The molecule has 1 aromatic rings. The number of carbonyl (C=O) groups is 2. The summed E-state index contributed by atoms with van der Waals surface area (Å²) < 4.78 is 11.3. The Hall–Kier alpha value is -1.69. The Morgan fingerprint density at radius 1 is 1.33 bits per heavy atom. The topological polar surface area (TPSA) is 66.5 Å². The second-order valence-corrected chi connectivity index (χ2v) is 6.80. The third-order valence-corrected chi connectivity index (χ3v) is 4.45. The number of piperazine rings is 1. The Morgan fingerprint density at radius 2 is 2.00 bits per heavy atom. The Kier molecular flexibility index (Phi) is 5.12. The number of hydrogen-bond donors (Lipinski definition) is 1. The van der Waals surface area contributed by atoms with Gasteiger partial charge in [-0.1, -0.05) is 30.3 Å². The van der Waals surface area contributed by atoms with E-state index >= 15 is 0 Å². The van der Waals surface area contributed by atoms with E-state index in [9.17, 15) is 13.8 Å². The van der Waals surface area contributed by atoms with Gasteiger partial charge < -0.3 is 10.2 Å². The van der Waals surface area contributed by atoms with Crippen LogP contribution in [0.5, 0.6) is 0 Å². The first-order valence-electron chi connectivity index (χ1n) is 6.94. The van der Waals surface area contributed by atoms with Crippen LogP contribution in [-0.2, 0) is 20.4 Å². The summed E-state index contributed by atoms with van der Waals surface area (Å²) in [5.74, 6) is 0.261. The first-order chi connectivity index (χ1) is 10.0. The highest BCUT2D eigenvalue weighted by Crippen LogP contribution is 2.26. The van der Waals surface area contributed by atoms with Gasteiger partial charge >= 0.3 is 0 Å². The largest absolute Gasteiger partial charge is 0.345 e. The zero-order valence-corrected chi connectivity index (χ0v) is 13.1. The molecule has 1 saturated heterocycles. The van der Waals surface area contributed by atoms with Gasteiger partial charge in [0.15, 0.2) is 0 Å². The molecule has 0 aromatic heterocycles. The van der Waals surface area contributed by atoms with Gasteiger partial charge in [-0.25, -0.2) is 0 Å². The lowest BCUT2D eigenvalue weighted by Crippen LogP contribution is -2.56. The van der Waals surface area contributed by atoms with E-state index in [1.54, 1.807) is 11.2 Å². The van der Waals surface area contributed by atoms with Crippen molar-refractivity contribution in [2.45, 2.75) is 25.4 Å². The van der Waals surface area contributed by atoms with Gasteiger partial charge in [0.25, 0.3) is 0 Å². The number of rotatable bonds is 5. The SMILES string of the molecule is CC(CCS(C)=O)N1C(=O)CNC(=O)C1c1ccccc1. The van der Waals surface area contributed by atoms with E-state index in [0.717, 1.165) is 5.56 Å². The van der Waals surface area contributed by atoms with Crippen molar-refractivity contribution < 1.29 is 13.8 Å². The Bertz CT molecular complexity index is 547. The van der Waals surface area contributed by atoms with Crippen LogP contribution in [-0.4, -0.2) is 45.5 Å². The van der Waals surface area contributed by atoms with E-state index in [0.29, 0.717) is 12.2 Å². The van der Waals surface area contributed by atoms with Gasteiger partial charge in [0.1, 0.15) is 6.04 Å². The van der Waals surface area contributed by atoms with Crippen molar-refractivity contribution in [2.75, 3.05) is 18.6 Å². The van der Waals surface area contributed by atoms with Crippen LogP contribution in [0.25, 0.3) is 0 Å². The molecule has 1 fully saturated rings. The molecular weight excluding hydrogens is 288 g/mol. The molecule has 3 atom stereocenters. The fourth-order valence-electron chi connectivity index (χ4n) is 2.54. The lowest BCUT2D eigenvalue weighted by Gasteiger charge is -2.39. The van der Waals surface area contributed by atoms with Gasteiger partial charge in [-0.2, -0.15) is 0 Å². The maximum atomic E-state index is 12.2. The lowest BCUT2D eigenvalue weighted by atomic mass is 9.99. The highest BCUT2D eigenvalue weighted by atomic mass is 32.2. The second-order valence-electron chi connectivity index (χ2n) is 5.25. The maximum Gasteiger partial charge on any atom is 0.247 e. The minimum absolute atomic E-state index is 0.0295. The zero-order valence-electron chi connectivity index (χ0n) is 12.2. The molecule has 21 heavy (non-hydrogen) atoms. The molecule has 1 aromatic carbocycles. The molecule has 0 spiro atoms. The highest BCUT2D eigenvalue weighted by Gasteiger charge is 2.38. The van der Waals surface area contributed by atoms with Crippen LogP contribution < -0.4 is 5.32 Å². The number of nitrogens with one attached hydrogen (secondary N) is 1. The molecule has 1 heterocycles. The molecule has 114 valence electrons. The molecule has 0 saturated carbocycles. The van der Waals surface area contributed by atoms with E-state index in [1.165, 1.54) is 0 Å². The number of carbonyl (C=O) groups excluding carboxylic acids is 2. The van der Waals surface area contributed by atoms with E-state index < -0.39 is 16.8 Å². The van der Waals surface area contributed by atoms with Crippen molar-refractivity contribution in [2.24, 2.45) is 0 Å². The third kappa shape index (κ3) is 3.69. The molecular formula is C15H20N2O3S. The van der Waals surface area contributed by atoms with Crippen LogP contribution in [0, 0.1) is 0 Å². The van der Waals surface area contributed by atoms with Crippen LogP contribution in [0.15, 0.2) is 30.3 Å². The number of amides is 2. The fraction of sp³-hybridized carbons (Fsp3) is 0.467. The van der Waals surface area contributed by atoms with Gasteiger partial charge in [0.05, 0.1) is 6.54 Å². The van der Waals surface area contributed by atoms with Gasteiger partial charge in [-0.05, 0) is 18.9 Å². The highest BCUT2D eigenvalue weighted by molar-refractivity contribution is 7.84. The first kappa shape index (κ1) is 15.7. The summed E-state index contributed by atoms with van der Waals surface area (Å²) in [6.07, 6.45) is 2.26. The van der Waals surface area contributed by atoms with Crippen molar-refractivity contribution in [3.63, 3.8) is 0 Å². The summed E-state index contributed by atoms with van der Waals surface area (Å²) in [7, 11) is -0.905. The molecule has 6 heteroatoms. The summed E-state index contributed by atoms with van der Waals surface area (Å²) in [6, 6.07) is 8.55. The van der Waals surface area contributed by atoms with Crippen LogP contribution in [0.1, 0.15) is 24.9 Å².